The number of aliphatic hydroxyl groups is 1. The Hall–Kier alpha value is -3.23. The Balaban J connectivity index is 1.28. The first-order chi connectivity index (χ1) is 15.4. The molecule has 3 N–H and O–H groups in total. The van der Waals surface area contributed by atoms with Crippen LogP contribution < -0.4 is 10.6 Å². The molecule has 2 aromatic rings. The number of carbonyl (C=O) groups is 3. The summed E-state index contributed by atoms with van der Waals surface area (Å²) in [5.41, 5.74) is 1.08. The van der Waals surface area contributed by atoms with Gasteiger partial charge in [0.05, 0.1) is 6.54 Å². The van der Waals surface area contributed by atoms with Crippen LogP contribution in [0.2, 0.25) is 0 Å². The molecule has 8 heteroatoms. The average molecular weight is 437 g/mol. The standard InChI is InChI=1S/C24H28N4O4/c29-21-16-28(13-11-25-21)22(30)20-8-6-18(7-9-20)14-26-23(31)24(32)10-12-27(17-24)15-19-4-2-1-3-5-19/h1-9,32H,10-17H2,(H,25,29)(H,26,31). The van der Waals surface area contributed by atoms with Gasteiger partial charge in [0.25, 0.3) is 11.8 Å². The van der Waals surface area contributed by atoms with E-state index >= 15 is 0 Å². The van der Waals surface area contributed by atoms with Crippen LogP contribution in [0.5, 0.6) is 0 Å². The number of rotatable bonds is 6. The molecular weight excluding hydrogens is 408 g/mol. The second-order valence-corrected chi connectivity index (χ2v) is 8.43. The lowest BCUT2D eigenvalue weighted by molar-refractivity contribution is -0.138. The molecule has 0 saturated carbocycles. The molecule has 0 aromatic heterocycles. The highest BCUT2D eigenvalue weighted by molar-refractivity contribution is 5.97. The van der Waals surface area contributed by atoms with E-state index in [0.29, 0.717) is 44.7 Å². The minimum absolute atomic E-state index is 0.0660. The lowest BCUT2D eigenvalue weighted by atomic mass is 10.0. The molecular formula is C24H28N4O4. The summed E-state index contributed by atoms with van der Waals surface area (Å²) < 4.78 is 0. The number of nitrogens with one attached hydrogen (secondary N) is 2. The van der Waals surface area contributed by atoms with Gasteiger partial charge in [0, 0.05) is 44.8 Å². The van der Waals surface area contributed by atoms with E-state index in [4.69, 9.17) is 0 Å². The van der Waals surface area contributed by atoms with Gasteiger partial charge in [0.1, 0.15) is 0 Å². The molecule has 1 atom stereocenters. The highest BCUT2D eigenvalue weighted by Crippen LogP contribution is 2.23. The summed E-state index contributed by atoms with van der Waals surface area (Å²) in [7, 11) is 0. The smallest absolute Gasteiger partial charge is 0.254 e. The molecule has 2 aliphatic rings. The van der Waals surface area contributed by atoms with E-state index < -0.39 is 5.60 Å². The summed E-state index contributed by atoms with van der Waals surface area (Å²) in [6, 6.07) is 16.9. The molecule has 3 amide bonds. The van der Waals surface area contributed by atoms with Crippen LogP contribution in [0.4, 0.5) is 0 Å². The minimum atomic E-state index is -1.40. The maximum Gasteiger partial charge on any atom is 0.254 e. The molecule has 0 spiro atoms. The largest absolute Gasteiger partial charge is 0.379 e. The highest BCUT2D eigenvalue weighted by atomic mass is 16.3. The third-order valence-corrected chi connectivity index (χ3v) is 5.98. The van der Waals surface area contributed by atoms with Crippen LogP contribution in [0.3, 0.4) is 0 Å². The number of carbonyl (C=O) groups excluding carboxylic acids is 3. The molecule has 2 aliphatic heterocycles. The fourth-order valence-electron chi connectivity index (χ4n) is 4.14. The SMILES string of the molecule is O=C1CN(C(=O)c2ccc(CNC(=O)C3(O)CCN(Cc4ccccc4)C3)cc2)CCN1. The predicted molar refractivity (Wildman–Crippen MR) is 118 cm³/mol. The van der Waals surface area contributed by atoms with E-state index in [1.54, 1.807) is 24.3 Å². The number of hydrogen-bond donors (Lipinski definition) is 3. The third kappa shape index (κ3) is 5.15. The Labute approximate surface area is 187 Å². The molecule has 0 radical (unpaired) electrons. The van der Waals surface area contributed by atoms with Crippen molar-refractivity contribution in [1.29, 1.82) is 0 Å². The number of likely N-dealkylation sites (tertiary alicyclic amines) is 1. The summed E-state index contributed by atoms with van der Waals surface area (Å²) in [4.78, 5) is 40.3. The first-order valence-electron chi connectivity index (χ1n) is 10.8. The van der Waals surface area contributed by atoms with Crippen molar-refractivity contribution in [2.24, 2.45) is 0 Å². The molecule has 4 rings (SSSR count). The zero-order valence-corrected chi connectivity index (χ0v) is 17.9. The van der Waals surface area contributed by atoms with Crippen molar-refractivity contribution in [3.8, 4) is 0 Å². The van der Waals surface area contributed by atoms with Gasteiger partial charge in [-0.15, -0.1) is 0 Å². The van der Waals surface area contributed by atoms with Crippen molar-refractivity contribution in [2.45, 2.75) is 25.1 Å². The Morgan fingerprint density at radius 3 is 2.50 bits per heavy atom. The molecule has 0 bridgehead atoms. The molecule has 2 heterocycles. The number of hydrogen-bond acceptors (Lipinski definition) is 5. The van der Waals surface area contributed by atoms with Crippen molar-refractivity contribution >= 4 is 17.7 Å². The molecule has 2 fully saturated rings. The zero-order chi connectivity index (χ0) is 22.6. The van der Waals surface area contributed by atoms with Crippen molar-refractivity contribution in [3.63, 3.8) is 0 Å². The molecule has 32 heavy (non-hydrogen) atoms. The van der Waals surface area contributed by atoms with Crippen LogP contribution >= 0.6 is 0 Å². The second kappa shape index (κ2) is 9.50. The van der Waals surface area contributed by atoms with Gasteiger partial charge in [-0.1, -0.05) is 42.5 Å². The van der Waals surface area contributed by atoms with Gasteiger partial charge in [0.2, 0.25) is 5.91 Å². The summed E-state index contributed by atoms with van der Waals surface area (Å²) in [5.74, 6) is -0.724. The maximum absolute atomic E-state index is 12.7. The molecule has 1 unspecified atom stereocenters. The summed E-state index contributed by atoms with van der Waals surface area (Å²) in [5, 5.41) is 16.4. The first-order valence-corrected chi connectivity index (χ1v) is 10.8. The number of benzene rings is 2. The fraction of sp³-hybridized carbons (Fsp3) is 0.375. The Morgan fingerprint density at radius 2 is 1.78 bits per heavy atom. The van der Waals surface area contributed by atoms with Crippen LogP contribution in [0.25, 0.3) is 0 Å². The third-order valence-electron chi connectivity index (χ3n) is 5.98. The molecule has 168 valence electrons. The fourth-order valence-corrected chi connectivity index (χ4v) is 4.14. The molecule has 0 aliphatic carbocycles. The van der Waals surface area contributed by atoms with Gasteiger partial charge in [-0.2, -0.15) is 0 Å². The minimum Gasteiger partial charge on any atom is -0.379 e. The normalized spacial score (nSPS) is 21.3. The summed E-state index contributed by atoms with van der Waals surface area (Å²) >= 11 is 0. The van der Waals surface area contributed by atoms with E-state index in [9.17, 15) is 19.5 Å². The Morgan fingerprint density at radius 1 is 1.03 bits per heavy atom. The van der Waals surface area contributed by atoms with E-state index in [1.807, 2.05) is 30.3 Å². The Bertz CT molecular complexity index is 979. The Kier molecular flexibility index (Phi) is 6.53. The highest BCUT2D eigenvalue weighted by Gasteiger charge is 2.42. The zero-order valence-electron chi connectivity index (χ0n) is 17.9. The average Bonchev–Trinajstić information content (AvgIpc) is 3.19. The van der Waals surface area contributed by atoms with Crippen molar-refractivity contribution in [1.82, 2.24) is 20.4 Å². The van der Waals surface area contributed by atoms with Crippen LogP contribution in [-0.2, 0) is 22.7 Å². The van der Waals surface area contributed by atoms with Gasteiger partial charge < -0.3 is 20.6 Å². The van der Waals surface area contributed by atoms with Crippen LogP contribution in [0, 0.1) is 0 Å². The number of piperazine rings is 1. The second-order valence-electron chi connectivity index (χ2n) is 8.43. The summed E-state index contributed by atoms with van der Waals surface area (Å²) in [6.45, 7) is 2.93. The van der Waals surface area contributed by atoms with Crippen molar-refractivity contribution in [2.75, 3.05) is 32.7 Å². The van der Waals surface area contributed by atoms with Gasteiger partial charge in [-0.3, -0.25) is 19.3 Å². The van der Waals surface area contributed by atoms with Crippen LogP contribution in [-0.4, -0.2) is 71.0 Å². The monoisotopic (exact) mass is 436 g/mol. The molecule has 8 nitrogen and oxygen atoms in total. The number of amides is 3. The van der Waals surface area contributed by atoms with Gasteiger partial charge in [-0.05, 0) is 29.7 Å². The molecule has 2 saturated heterocycles. The van der Waals surface area contributed by atoms with E-state index in [-0.39, 0.29) is 30.8 Å². The van der Waals surface area contributed by atoms with E-state index in [0.717, 1.165) is 11.1 Å². The van der Waals surface area contributed by atoms with E-state index in [2.05, 4.69) is 15.5 Å². The lowest BCUT2D eigenvalue weighted by Crippen LogP contribution is -2.50. The van der Waals surface area contributed by atoms with Crippen LogP contribution in [0.15, 0.2) is 54.6 Å². The molecule has 2 aromatic carbocycles. The number of β-amino-alcohol motifs (C(OH)–C–C–N with tert-alkyl or cyclic N) is 1. The van der Waals surface area contributed by atoms with E-state index in [1.165, 1.54) is 4.90 Å². The predicted octanol–water partition coefficient (Wildman–Crippen LogP) is 0.512. The van der Waals surface area contributed by atoms with Gasteiger partial charge >= 0.3 is 0 Å². The summed E-state index contributed by atoms with van der Waals surface area (Å²) in [6.07, 6.45) is 0.391. The van der Waals surface area contributed by atoms with Crippen LogP contribution in [0.1, 0.15) is 27.9 Å². The van der Waals surface area contributed by atoms with Gasteiger partial charge in [0.15, 0.2) is 5.60 Å². The first kappa shape index (κ1) is 22.0. The number of nitrogens with zero attached hydrogens (tertiary/aromatic N) is 2. The maximum atomic E-state index is 12.7. The topological polar surface area (TPSA) is 102 Å². The van der Waals surface area contributed by atoms with Crippen molar-refractivity contribution < 1.29 is 19.5 Å². The quantitative estimate of drug-likeness (QED) is 0.613. The van der Waals surface area contributed by atoms with Gasteiger partial charge in [-0.25, -0.2) is 0 Å². The lowest BCUT2D eigenvalue weighted by Gasteiger charge is -2.26. The van der Waals surface area contributed by atoms with Crippen molar-refractivity contribution in [3.05, 3.63) is 71.3 Å².